The van der Waals surface area contributed by atoms with Crippen LogP contribution in [0.3, 0.4) is 0 Å². The third kappa shape index (κ3) is 4.73. The average Bonchev–Trinajstić information content (AvgIpc) is 3.16. The summed E-state index contributed by atoms with van der Waals surface area (Å²) in [6.45, 7) is 6.10. The highest BCUT2D eigenvalue weighted by molar-refractivity contribution is 5.97. The van der Waals surface area contributed by atoms with E-state index >= 15 is 0 Å². The van der Waals surface area contributed by atoms with Gasteiger partial charge in [-0.15, -0.1) is 0 Å². The van der Waals surface area contributed by atoms with Gasteiger partial charge in [0, 0.05) is 11.6 Å². The Morgan fingerprint density at radius 1 is 1.19 bits per heavy atom. The smallest absolute Gasteiger partial charge is 0.264 e. The van der Waals surface area contributed by atoms with Gasteiger partial charge in [-0.25, -0.2) is 0 Å². The van der Waals surface area contributed by atoms with Crippen LogP contribution in [0, 0.1) is 6.92 Å². The normalized spacial score (nSPS) is 11.8. The van der Waals surface area contributed by atoms with Gasteiger partial charge in [-0.2, -0.15) is 4.98 Å². The highest BCUT2D eigenvalue weighted by Gasteiger charge is 2.15. The van der Waals surface area contributed by atoms with E-state index in [9.17, 15) is 4.79 Å². The van der Waals surface area contributed by atoms with Crippen LogP contribution in [-0.4, -0.2) is 22.1 Å². The number of para-hydroxylation sites is 1. The number of hydrogen-bond acceptors (Lipinski definition) is 5. The molecule has 0 unspecified atom stereocenters. The lowest BCUT2D eigenvalue weighted by molar-refractivity contribution is 0.0934. The van der Waals surface area contributed by atoms with Crippen molar-refractivity contribution in [3.63, 3.8) is 0 Å². The Kier molecular flexibility index (Phi) is 5.86. The molecule has 3 aromatic rings. The van der Waals surface area contributed by atoms with Crippen LogP contribution in [0.2, 0.25) is 0 Å². The van der Waals surface area contributed by atoms with Crippen molar-refractivity contribution in [3.05, 3.63) is 65.5 Å². The van der Waals surface area contributed by atoms with Gasteiger partial charge in [-0.1, -0.05) is 54.0 Å². The molecule has 1 amide bonds. The number of aryl methyl sites for hydroxylation is 1. The standard InChI is InChI=1S/C21H23N3O3/c1-4-15(3)22-21(25)17-7-5-6-8-18(17)26-13-19-23-20(24-27-19)16-11-9-14(2)10-12-16/h5-12,15H,4,13H2,1-3H3,(H,22,25)/t15-/m1/s1. The van der Waals surface area contributed by atoms with Gasteiger partial charge in [-0.3, -0.25) is 4.79 Å². The lowest BCUT2D eigenvalue weighted by Gasteiger charge is -2.14. The fraction of sp³-hybridized carbons (Fsp3) is 0.286. The highest BCUT2D eigenvalue weighted by atomic mass is 16.5. The number of nitrogens with zero attached hydrogens (tertiary/aromatic N) is 2. The molecular weight excluding hydrogens is 342 g/mol. The number of benzene rings is 2. The zero-order chi connectivity index (χ0) is 19.2. The zero-order valence-electron chi connectivity index (χ0n) is 15.7. The Bertz CT molecular complexity index is 903. The number of aromatic nitrogens is 2. The first-order valence-electron chi connectivity index (χ1n) is 8.99. The Morgan fingerprint density at radius 2 is 1.93 bits per heavy atom. The highest BCUT2D eigenvalue weighted by Crippen LogP contribution is 2.21. The Morgan fingerprint density at radius 3 is 2.67 bits per heavy atom. The summed E-state index contributed by atoms with van der Waals surface area (Å²) in [6.07, 6.45) is 0.860. The van der Waals surface area contributed by atoms with E-state index in [4.69, 9.17) is 9.26 Å². The van der Waals surface area contributed by atoms with Gasteiger partial charge in [0.2, 0.25) is 5.82 Å². The molecule has 0 saturated heterocycles. The van der Waals surface area contributed by atoms with Gasteiger partial charge in [0.1, 0.15) is 5.75 Å². The number of carbonyl (C=O) groups is 1. The van der Waals surface area contributed by atoms with Crippen LogP contribution in [0.4, 0.5) is 0 Å². The van der Waals surface area contributed by atoms with E-state index < -0.39 is 0 Å². The number of hydrogen-bond donors (Lipinski definition) is 1. The molecule has 0 spiro atoms. The number of nitrogens with one attached hydrogen (secondary N) is 1. The number of amides is 1. The molecule has 3 rings (SSSR count). The molecule has 2 aromatic carbocycles. The van der Waals surface area contributed by atoms with Crippen molar-refractivity contribution in [3.8, 4) is 17.1 Å². The quantitative estimate of drug-likeness (QED) is 0.680. The molecule has 0 aliphatic rings. The lowest BCUT2D eigenvalue weighted by atomic mass is 10.1. The fourth-order valence-corrected chi connectivity index (χ4v) is 2.46. The minimum absolute atomic E-state index is 0.0898. The first-order valence-corrected chi connectivity index (χ1v) is 8.99. The molecule has 0 aliphatic heterocycles. The minimum Gasteiger partial charge on any atom is -0.483 e. The van der Waals surface area contributed by atoms with E-state index in [1.807, 2.05) is 51.1 Å². The van der Waals surface area contributed by atoms with Crippen LogP contribution < -0.4 is 10.1 Å². The maximum Gasteiger partial charge on any atom is 0.264 e. The van der Waals surface area contributed by atoms with E-state index in [-0.39, 0.29) is 18.6 Å². The predicted octanol–water partition coefficient (Wildman–Crippen LogP) is 4.15. The Labute approximate surface area is 158 Å². The molecule has 140 valence electrons. The van der Waals surface area contributed by atoms with E-state index in [1.165, 1.54) is 0 Å². The number of rotatable bonds is 7. The second kappa shape index (κ2) is 8.49. The fourth-order valence-electron chi connectivity index (χ4n) is 2.46. The summed E-state index contributed by atoms with van der Waals surface area (Å²) in [4.78, 5) is 16.8. The van der Waals surface area contributed by atoms with Crippen molar-refractivity contribution in [2.24, 2.45) is 0 Å². The monoisotopic (exact) mass is 365 g/mol. The van der Waals surface area contributed by atoms with Crippen molar-refractivity contribution in [2.75, 3.05) is 0 Å². The number of ether oxygens (including phenoxy) is 1. The molecule has 1 N–H and O–H groups in total. The summed E-state index contributed by atoms with van der Waals surface area (Å²) >= 11 is 0. The molecule has 6 nitrogen and oxygen atoms in total. The van der Waals surface area contributed by atoms with Gasteiger partial charge in [0.15, 0.2) is 6.61 Å². The first kappa shape index (κ1) is 18.6. The van der Waals surface area contributed by atoms with Crippen LogP contribution >= 0.6 is 0 Å². The summed E-state index contributed by atoms with van der Waals surface area (Å²) in [5.74, 6) is 1.18. The predicted molar refractivity (Wildman–Crippen MR) is 102 cm³/mol. The molecule has 1 heterocycles. The largest absolute Gasteiger partial charge is 0.483 e. The average molecular weight is 365 g/mol. The molecule has 6 heteroatoms. The molecule has 1 atom stereocenters. The minimum atomic E-state index is -0.161. The summed E-state index contributed by atoms with van der Waals surface area (Å²) in [5, 5.41) is 6.94. The van der Waals surface area contributed by atoms with Crippen molar-refractivity contribution in [1.29, 1.82) is 0 Å². The van der Waals surface area contributed by atoms with Gasteiger partial charge >= 0.3 is 0 Å². The summed E-state index contributed by atoms with van der Waals surface area (Å²) in [6, 6.07) is 15.1. The number of carbonyl (C=O) groups excluding carboxylic acids is 1. The molecule has 0 bridgehead atoms. The van der Waals surface area contributed by atoms with Crippen molar-refractivity contribution in [2.45, 2.75) is 39.8 Å². The third-order valence-electron chi connectivity index (χ3n) is 4.25. The maximum atomic E-state index is 12.4. The van der Waals surface area contributed by atoms with Crippen molar-refractivity contribution < 1.29 is 14.1 Å². The summed E-state index contributed by atoms with van der Waals surface area (Å²) in [5.41, 5.74) is 2.53. The Hall–Kier alpha value is -3.15. The first-order chi connectivity index (χ1) is 13.1. The maximum absolute atomic E-state index is 12.4. The molecule has 27 heavy (non-hydrogen) atoms. The topological polar surface area (TPSA) is 77.2 Å². The van der Waals surface area contributed by atoms with Crippen molar-refractivity contribution >= 4 is 5.91 Å². The summed E-state index contributed by atoms with van der Waals surface area (Å²) < 4.78 is 11.0. The second-order valence-electron chi connectivity index (χ2n) is 6.45. The molecule has 1 aromatic heterocycles. The SMILES string of the molecule is CC[C@@H](C)NC(=O)c1ccccc1OCc1nc(-c2ccc(C)cc2)no1. The van der Waals surface area contributed by atoms with Crippen LogP contribution in [-0.2, 0) is 6.61 Å². The second-order valence-corrected chi connectivity index (χ2v) is 6.45. The van der Waals surface area contributed by atoms with Gasteiger partial charge in [0.25, 0.3) is 11.8 Å². The molecule has 0 saturated carbocycles. The van der Waals surface area contributed by atoms with Gasteiger partial charge in [-0.05, 0) is 32.4 Å². The van der Waals surface area contributed by atoms with Crippen LogP contribution in [0.25, 0.3) is 11.4 Å². The van der Waals surface area contributed by atoms with Crippen LogP contribution in [0.5, 0.6) is 5.75 Å². The van der Waals surface area contributed by atoms with E-state index in [2.05, 4.69) is 15.5 Å². The van der Waals surface area contributed by atoms with E-state index in [0.29, 0.717) is 23.0 Å². The summed E-state index contributed by atoms with van der Waals surface area (Å²) in [7, 11) is 0. The van der Waals surface area contributed by atoms with Gasteiger partial charge < -0.3 is 14.6 Å². The van der Waals surface area contributed by atoms with E-state index in [0.717, 1.165) is 17.5 Å². The molecule has 0 aliphatic carbocycles. The van der Waals surface area contributed by atoms with Crippen molar-refractivity contribution in [1.82, 2.24) is 15.5 Å². The molecule has 0 radical (unpaired) electrons. The zero-order valence-corrected chi connectivity index (χ0v) is 15.7. The van der Waals surface area contributed by atoms with Gasteiger partial charge in [0.05, 0.1) is 5.56 Å². The molecular formula is C21H23N3O3. The lowest BCUT2D eigenvalue weighted by Crippen LogP contribution is -2.32. The third-order valence-corrected chi connectivity index (χ3v) is 4.25. The molecule has 0 fully saturated rings. The van der Waals surface area contributed by atoms with E-state index in [1.54, 1.807) is 18.2 Å². The van der Waals surface area contributed by atoms with Crippen LogP contribution in [0.15, 0.2) is 53.1 Å². The Balaban J connectivity index is 1.69. The van der Waals surface area contributed by atoms with Crippen LogP contribution in [0.1, 0.15) is 42.1 Å².